The first-order chi connectivity index (χ1) is 8.63. The molecular weight excluding hydrogens is 234 g/mol. The summed E-state index contributed by atoms with van der Waals surface area (Å²) in [7, 11) is 0. The van der Waals surface area contributed by atoms with E-state index < -0.39 is 0 Å². The van der Waals surface area contributed by atoms with Crippen LogP contribution in [-0.4, -0.2) is 46.6 Å². The fraction of sp³-hybridized carbons (Fsp3) is 0.727. The summed E-state index contributed by atoms with van der Waals surface area (Å²) in [6.45, 7) is 4.20. The van der Waals surface area contributed by atoms with E-state index in [0.29, 0.717) is 24.8 Å². The lowest BCUT2D eigenvalue weighted by atomic mass is 10.1. The van der Waals surface area contributed by atoms with Gasteiger partial charge in [0.25, 0.3) is 0 Å². The summed E-state index contributed by atoms with van der Waals surface area (Å²) in [5.74, 6) is 0.985. The summed E-state index contributed by atoms with van der Waals surface area (Å²) in [5.41, 5.74) is 5.81. The molecule has 2 rings (SSSR count). The van der Waals surface area contributed by atoms with Gasteiger partial charge >= 0.3 is 0 Å². The highest BCUT2D eigenvalue weighted by Gasteiger charge is 2.18. The predicted molar refractivity (Wildman–Crippen MR) is 64.5 cm³/mol. The quantitative estimate of drug-likeness (QED) is 0.745. The molecule has 0 atom stereocenters. The zero-order chi connectivity index (χ0) is 13.0. The lowest BCUT2D eigenvalue weighted by Crippen LogP contribution is -2.44. The Bertz CT molecular complexity index is 398. The number of amides is 1. The van der Waals surface area contributed by atoms with Gasteiger partial charge in [-0.05, 0) is 12.8 Å². The van der Waals surface area contributed by atoms with Gasteiger partial charge in [0, 0.05) is 26.1 Å². The normalized spacial score (nSPS) is 17.9. The number of aryl methyl sites for hydroxylation is 1. The van der Waals surface area contributed by atoms with Gasteiger partial charge in [0.05, 0.1) is 13.1 Å². The second-order valence-corrected chi connectivity index (χ2v) is 4.62. The van der Waals surface area contributed by atoms with E-state index in [1.807, 2.05) is 0 Å². The van der Waals surface area contributed by atoms with Crippen LogP contribution in [0, 0.1) is 6.92 Å². The zero-order valence-electron chi connectivity index (χ0n) is 10.6. The fourth-order valence-corrected chi connectivity index (χ4v) is 1.96. The molecule has 2 heterocycles. The van der Waals surface area contributed by atoms with Gasteiger partial charge in [-0.25, -0.2) is 0 Å². The van der Waals surface area contributed by atoms with Crippen molar-refractivity contribution in [3.8, 4) is 0 Å². The number of carbonyl (C=O) groups is 1. The Morgan fingerprint density at radius 3 is 2.89 bits per heavy atom. The molecule has 18 heavy (non-hydrogen) atoms. The Kier molecular flexibility index (Phi) is 4.27. The van der Waals surface area contributed by atoms with Gasteiger partial charge in [0.15, 0.2) is 5.82 Å². The molecule has 1 amide bonds. The Morgan fingerprint density at radius 1 is 1.56 bits per heavy atom. The van der Waals surface area contributed by atoms with E-state index in [1.54, 1.807) is 6.92 Å². The number of aromatic nitrogens is 2. The van der Waals surface area contributed by atoms with Crippen LogP contribution in [0.15, 0.2) is 4.52 Å². The lowest BCUT2D eigenvalue weighted by molar-refractivity contribution is -0.122. The molecule has 1 fully saturated rings. The number of carbonyl (C=O) groups excluding carboxylic acids is 1. The largest absolute Gasteiger partial charge is 0.348 e. The number of hydrogen-bond acceptors (Lipinski definition) is 6. The summed E-state index contributed by atoms with van der Waals surface area (Å²) < 4.78 is 4.82. The van der Waals surface area contributed by atoms with Crippen molar-refractivity contribution in [1.82, 2.24) is 20.4 Å². The van der Waals surface area contributed by atoms with Gasteiger partial charge in [-0.2, -0.15) is 4.98 Å². The molecule has 100 valence electrons. The van der Waals surface area contributed by atoms with Crippen molar-refractivity contribution in [2.45, 2.75) is 32.4 Å². The second kappa shape index (κ2) is 5.92. The van der Waals surface area contributed by atoms with Gasteiger partial charge in [-0.15, -0.1) is 0 Å². The molecular formula is C11H19N5O2. The summed E-state index contributed by atoms with van der Waals surface area (Å²) in [6.07, 6.45) is 1.91. The summed E-state index contributed by atoms with van der Waals surface area (Å²) >= 11 is 0. The highest BCUT2D eigenvalue weighted by Crippen LogP contribution is 2.07. The number of likely N-dealkylation sites (tertiary alicyclic amines) is 1. The Hall–Kier alpha value is -1.47. The summed E-state index contributed by atoms with van der Waals surface area (Å²) in [6, 6.07) is 0.284. The molecule has 0 bridgehead atoms. The predicted octanol–water partition coefficient (Wildman–Crippen LogP) is -0.583. The van der Waals surface area contributed by atoms with Gasteiger partial charge in [-0.1, -0.05) is 5.16 Å². The molecule has 7 heteroatoms. The molecule has 0 aliphatic carbocycles. The van der Waals surface area contributed by atoms with E-state index in [9.17, 15) is 4.79 Å². The fourth-order valence-electron chi connectivity index (χ4n) is 1.96. The molecule has 1 aliphatic heterocycles. The summed E-state index contributed by atoms with van der Waals surface area (Å²) in [5, 5.41) is 6.49. The van der Waals surface area contributed by atoms with Crippen LogP contribution in [0.4, 0.5) is 0 Å². The second-order valence-electron chi connectivity index (χ2n) is 4.62. The van der Waals surface area contributed by atoms with E-state index in [1.165, 1.54) is 0 Å². The minimum absolute atomic E-state index is 0.0204. The number of nitrogens with zero attached hydrogens (tertiary/aromatic N) is 3. The first kappa shape index (κ1) is 13.0. The van der Waals surface area contributed by atoms with Crippen molar-refractivity contribution >= 4 is 5.91 Å². The van der Waals surface area contributed by atoms with Crippen LogP contribution < -0.4 is 11.1 Å². The van der Waals surface area contributed by atoms with Crippen molar-refractivity contribution < 1.29 is 9.32 Å². The third-order valence-corrected chi connectivity index (χ3v) is 3.01. The van der Waals surface area contributed by atoms with E-state index in [2.05, 4.69) is 20.4 Å². The Balaban J connectivity index is 1.69. The van der Waals surface area contributed by atoms with Gasteiger partial charge in [0.1, 0.15) is 0 Å². The Morgan fingerprint density at radius 2 is 2.28 bits per heavy atom. The SMILES string of the molecule is Cc1nc(CNC(=O)CN2CCC(N)CC2)no1. The van der Waals surface area contributed by atoms with Crippen LogP contribution >= 0.6 is 0 Å². The van der Waals surface area contributed by atoms with Crippen LogP contribution in [0.25, 0.3) is 0 Å². The number of piperidine rings is 1. The molecule has 3 N–H and O–H groups in total. The summed E-state index contributed by atoms with van der Waals surface area (Å²) in [4.78, 5) is 17.8. The molecule has 1 saturated heterocycles. The van der Waals surface area contributed by atoms with Crippen LogP contribution in [0.2, 0.25) is 0 Å². The van der Waals surface area contributed by atoms with Crippen LogP contribution in [-0.2, 0) is 11.3 Å². The number of nitrogens with two attached hydrogens (primary N) is 1. The van der Waals surface area contributed by atoms with Gasteiger partial charge in [-0.3, -0.25) is 9.69 Å². The maximum Gasteiger partial charge on any atom is 0.234 e. The number of nitrogens with one attached hydrogen (secondary N) is 1. The third kappa shape index (κ3) is 3.78. The third-order valence-electron chi connectivity index (χ3n) is 3.01. The minimum atomic E-state index is -0.0204. The van der Waals surface area contributed by atoms with E-state index >= 15 is 0 Å². The van der Waals surface area contributed by atoms with Crippen LogP contribution in [0.3, 0.4) is 0 Å². The van der Waals surface area contributed by atoms with E-state index in [-0.39, 0.29) is 11.9 Å². The average Bonchev–Trinajstić information content (AvgIpc) is 2.76. The topological polar surface area (TPSA) is 97.3 Å². The minimum Gasteiger partial charge on any atom is -0.348 e. The van der Waals surface area contributed by atoms with E-state index in [4.69, 9.17) is 10.3 Å². The van der Waals surface area contributed by atoms with E-state index in [0.717, 1.165) is 25.9 Å². The van der Waals surface area contributed by atoms with Crippen molar-refractivity contribution in [3.63, 3.8) is 0 Å². The monoisotopic (exact) mass is 253 g/mol. The van der Waals surface area contributed by atoms with Gasteiger partial charge in [0.2, 0.25) is 11.8 Å². The molecule has 0 radical (unpaired) electrons. The van der Waals surface area contributed by atoms with Crippen molar-refractivity contribution in [1.29, 1.82) is 0 Å². The number of hydrogen-bond donors (Lipinski definition) is 2. The first-order valence-corrected chi connectivity index (χ1v) is 6.17. The Labute approximate surface area is 106 Å². The lowest BCUT2D eigenvalue weighted by Gasteiger charge is -2.29. The molecule has 0 saturated carbocycles. The average molecular weight is 253 g/mol. The molecule has 1 aliphatic rings. The molecule has 0 unspecified atom stereocenters. The molecule has 1 aromatic rings. The maximum absolute atomic E-state index is 11.7. The standard InChI is InChI=1S/C11H19N5O2/c1-8-14-10(15-18-8)6-13-11(17)7-16-4-2-9(12)3-5-16/h9H,2-7,12H2,1H3,(H,13,17). The first-order valence-electron chi connectivity index (χ1n) is 6.17. The smallest absolute Gasteiger partial charge is 0.234 e. The molecule has 0 spiro atoms. The van der Waals surface area contributed by atoms with Crippen LogP contribution in [0.1, 0.15) is 24.6 Å². The molecule has 1 aromatic heterocycles. The van der Waals surface area contributed by atoms with Crippen molar-refractivity contribution in [2.75, 3.05) is 19.6 Å². The van der Waals surface area contributed by atoms with Crippen molar-refractivity contribution in [2.24, 2.45) is 5.73 Å². The van der Waals surface area contributed by atoms with Gasteiger partial charge < -0.3 is 15.6 Å². The zero-order valence-corrected chi connectivity index (χ0v) is 10.6. The molecule has 7 nitrogen and oxygen atoms in total. The number of rotatable bonds is 4. The highest BCUT2D eigenvalue weighted by molar-refractivity contribution is 5.77. The van der Waals surface area contributed by atoms with Crippen LogP contribution in [0.5, 0.6) is 0 Å². The highest BCUT2D eigenvalue weighted by atomic mass is 16.5. The van der Waals surface area contributed by atoms with Crippen molar-refractivity contribution in [3.05, 3.63) is 11.7 Å². The molecule has 0 aromatic carbocycles. The maximum atomic E-state index is 11.7.